The summed E-state index contributed by atoms with van der Waals surface area (Å²) in [6.07, 6.45) is 2.69. The molecule has 0 spiro atoms. The molecule has 1 aromatic rings. The van der Waals surface area contributed by atoms with Gasteiger partial charge in [-0.3, -0.25) is 0 Å². The minimum atomic E-state index is -3.44. The van der Waals surface area contributed by atoms with Crippen molar-refractivity contribution in [2.45, 2.75) is 38.3 Å². The molecule has 0 bridgehead atoms. The van der Waals surface area contributed by atoms with Crippen molar-refractivity contribution in [3.8, 4) is 0 Å². The molecule has 0 unspecified atom stereocenters. The highest BCUT2D eigenvalue weighted by Gasteiger charge is 2.37. The lowest BCUT2D eigenvalue weighted by atomic mass is 10.2. The summed E-state index contributed by atoms with van der Waals surface area (Å²) < 4.78 is 52.7. The van der Waals surface area contributed by atoms with Crippen LogP contribution in [0.4, 0.5) is 8.78 Å². The summed E-state index contributed by atoms with van der Waals surface area (Å²) in [5, 5.41) is 0. The molecule has 0 aromatic heterocycles. The molecule has 118 valence electrons. The predicted molar refractivity (Wildman–Crippen MR) is 78.7 cm³/mol. The first-order chi connectivity index (χ1) is 9.94. The van der Waals surface area contributed by atoms with Crippen LogP contribution in [0.5, 0.6) is 0 Å². The third-order valence-electron chi connectivity index (χ3n) is 3.44. The van der Waals surface area contributed by atoms with Gasteiger partial charge in [-0.1, -0.05) is 6.07 Å². The molecular weight excluding hydrogens is 320 g/mol. The number of halogens is 3. The maximum atomic E-state index is 13.7. The number of unbranched alkanes of at least 4 members (excludes halogenated alkanes) is 1. The van der Waals surface area contributed by atoms with Crippen LogP contribution in [-0.2, 0) is 16.6 Å². The van der Waals surface area contributed by atoms with Crippen LogP contribution in [0.15, 0.2) is 18.2 Å². The fourth-order valence-electron chi connectivity index (χ4n) is 2.13. The van der Waals surface area contributed by atoms with Crippen LogP contribution in [0.2, 0.25) is 0 Å². The number of sulfonamides is 1. The second-order valence-electron chi connectivity index (χ2n) is 5.22. The van der Waals surface area contributed by atoms with Crippen molar-refractivity contribution in [2.75, 3.05) is 11.6 Å². The number of nitrogens with zero attached hydrogens (tertiary/aromatic N) is 1. The highest BCUT2D eigenvalue weighted by atomic mass is 35.5. The molecule has 0 radical (unpaired) electrons. The Bertz CT molecular complexity index is 591. The van der Waals surface area contributed by atoms with Crippen molar-refractivity contribution >= 4 is 21.6 Å². The third-order valence-corrected chi connectivity index (χ3v) is 5.65. The average molecular weight is 338 g/mol. The summed E-state index contributed by atoms with van der Waals surface area (Å²) in [4.78, 5) is 0. The monoisotopic (exact) mass is 337 g/mol. The lowest BCUT2D eigenvalue weighted by molar-refractivity contribution is 0.390. The van der Waals surface area contributed by atoms with E-state index >= 15 is 0 Å². The minimum Gasteiger partial charge on any atom is -0.212 e. The van der Waals surface area contributed by atoms with Crippen LogP contribution in [0, 0.1) is 11.6 Å². The van der Waals surface area contributed by atoms with Crippen molar-refractivity contribution in [3.63, 3.8) is 0 Å². The van der Waals surface area contributed by atoms with Gasteiger partial charge in [0.2, 0.25) is 10.0 Å². The van der Waals surface area contributed by atoms with Crippen molar-refractivity contribution in [1.29, 1.82) is 0 Å². The van der Waals surface area contributed by atoms with Gasteiger partial charge < -0.3 is 0 Å². The van der Waals surface area contributed by atoms with E-state index in [9.17, 15) is 17.2 Å². The van der Waals surface area contributed by atoms with Crippen LogP contribution >= 0.6 is 11.6 Å². The Morgan fingerprint density at radius 1 is 1.24 bits per heavy atom. The van der Waals surface area contributed by atoms with E-state index in [0.717, 1.165) is 25.0 Å². The molecule has 1 aliphatic rings. The molecule has 1 aliphatic carbocycles. The zero-order chi connectivity index (χ0) is 15.5. The number of hydrogen-bond acceptors (Lipinski definition) is 2. The largest absolute Gasteiger partial charge is 0.214 e. The van der Waals surface area contributed by atoms with E-state index in [1.807, 2.05) is 0 Å². The van der Waals surface area contributed by atoms with Crippen molar-refractivity contribution in [3.05, 3.63) is 35.4 Å². The van der Waals surface area contributed by atoms with Crippen molar-refractivity contribution < 1.29 is 17.2 Å². The Labute approximate surface area is 129 Å². The molecule has 0 saturated heterocycles. The quantitative estimate of drug-likeness (QED) is 0.539. The van der Waals surface area contributed by atoms with Gasteiger partial charge >= 0.3 is 0 Å². The van der Waals surface area contributed by atoms with Gasteiger partial charge in [-0.05, 0) is 31.7 Å². The minimum absolute atomic E-state index is 0.0129. The lowest BCUT2D eigenvalue weighted by Crippen LogP contribution is -2.34. The molecule has 3 nitrogen and oxygen atoms in total. The van der Waals surface area contributed by atoms with Crippen LogP contribution in [0.1, 0.15) is 31.2 Å². The number of alkyl halides is 1. The molecule has 0 N–H and O–H groups in total. The second-order valence-corrected chi connectivity index (χ2v) is 7.64. The Balaban J connectivity index is 2.12. The number of benzene rings is 1. The molecular formula is C14H18ClF2NO2S. The van der Waals surface area contributed by atoms with Crippen LogP contribution in [-0.4, -0.2) is 30.4 Å². The van der Waals surface area contributed by atoms with Gasteiger partial charge in [0.15, 0.2) is 0 Å². The Morgan fingerprint density at radius 3 is 2.52 bits per heavy atom. The first-order valence-electron chi connectivity index (χ1n) is 6.93. The Kier molecular flexibility index (Phi) is 5.57. The zero-order valence-electron chi connectivity index (χ0n) is 11.6. The number of rotatable bonds is 8. The third kappa shape index (κ3) is 4.63. The van der Waals surface area contributed by atoms with E-state index in [4.69, 9.17) is 11.6 Å². The maximum Gasteiger partial charge on any atom is 0.214 e. The topological polar surface area (TPSA) is 37.4 Å². The maximum absolute atomic E-state index is 13.7. The standard InChI is InChI=1S/C14H18ClF2NO2S/c15-7-1-2-8-21(19,20)18(13-5-6-13)10-11-3-4-12(16)9-14(11)17/h3-4,9,13H,1-2,5-8,10H2. The molecule has 0 amide bonds. The zero-order valence-corrected chi connectivity index (χ0v) is 13.1. The van der Waals surface area contributed by atoms with Crippen molar-refractivity contribution in [2.24, 2.45) is 0 Å². The lowest BCUT2D eigenvalue weighted by Gasteiger charge is -2.22. The van der Waals surface area contributed by atoms with Crippen molar-refractivity contribution in [1.82, 2.24) is 4.31 Å². The van der Waals surface area contributed by atoms with Gasteiger partial charge in [-0.2, -0.15) is 4.31 Å². The molecule has 1 saturated carbocycles. The first kappa shape index (κ1) is 16.6. The highest BCUT2D eigenvalue weighted by Crippen LogP contribution is 2.31. The predicted octanol–water partition coefficient (Wildman–Crippen LogP) is 3.28. The molecule has 1 fully saturated rings. The summed E-state index contributed by atoms with van der Waals surface area (Å²) in [5.74, 6) is -0.944. The first-order valence-corrected chi connectivity index (χ1v) is 9.08. The Hall–Kier alpha value is -0.720. The molecule has 2 rings (SSSR count). The smallest absolute Gasteiger partial charge is 0.212 e. The van der Waals surface area contributed by atoms with Gasteiger partial charge in [0.25, 0.3) is 0 Å². The van der Waals surface area contributed by atoms with Gasteiger partial charge in [-0.25, -0.2) is 17.2 Å². The van der Waals surface area contributed by atoms with E-state index in [-0.39, 0.29) is 23.9 Å². The number of hydrogen-bond donors (Lipinski definition) is 0. The fraction of sp³-hybridized carbons (Fsp3) is 0.571. The normalized spacial score (nSPS) is 15.6. The summed E-state index contributed by atoms with van der Waals surface area (Å²) in [6.45, 7) is -0.0417. The summed E-state index contributed by atoms with van der Waals surface area (Å²) in [6, 6.07) is 3.16. The van der Waals surface area contributed by atoms with E-state index in [2.05, 4.69) is 0 Å². The second kappa shape index (κ2) is 7.03. The summed E-state index contributed by atoms with van der Waals surface area (Å²) in [7, 11) is -3.44. The van der Waals surface area contributed by atoms with Gasteiger partial charge in [0, 0.05) is 30.1 Å². The van der Waals surface area contributed by atoms with Crippen LogP contribution in [0.25, 0.3) is 0 Å². The Morgan fingerprint density at radius 2 is 1.95 bits per heavy atom. The SMILES string of the molecule is O=S(=O)(CCCCCl)N(Cc1ccc(F)cc1F)C1CC1. The summed E-state index contributed by atoms with van der Waals surface area (Å²) in [5.41, 5.74) is 0.198. The van der Waals surface area contributed by atoms with E-state index in [1.54, 1.807) is 0 Å². The molecule has 1 aromatic carbocycles. The molecule has 21 heavy (non-hydrogen) atoms. The van der Waals surface area contributed by atoms with Gasteiger partial charge in [0.1, 0.15) is 11.6 Å². The average Bonchev–Trinajstić information content (AvgIpc) is 3.22. The van der Waals surface area contributed by atoms with Crippen LogP contribution < -0.4 is 0 Å². The fourth-order valence-corrected chi connectivity index (χ4v) is 4.12. The summed E-state index contributed by atoms with van der Waals surface area (Å²) >= 11 is 5.56. The highest BCUT2D eigenvalue weighted by molar-refractivity contribution is 7.89. The van der Waals surface area contributed by atoms with Gasteiger partial charge in [0.05, 0.1) is 5.75 Å². The molecule has 0 atom stereocenters. The molecule has 7 heteroatoms. The molecule has 0 aliphatic heterocycles. The van der Waals surface area contributed by atoms with E-state index in [0.29, 0.717) is 18.7 Å². The van der Waals surface area contributed by atoms with E-state index in [1.165, 1.54) is 10.4 Å². The van der Waals surface area contributed by atoms with Crippen LogP contribution in [0.3, 0.4) is 0 Å². The molecule has 0 heterocycles. The van der Waals surface area contributed by atoms with E-state index < -0.39 is 21.7 Å². The van der Waals surface area contributed by atoms with Gasteiger partial charge in [-0.15, -0.1) is 11.6 Å².